The molecule has 0 atom stereocenters. The molecule has 0 saturated carbocycles. The Morgan fingerprint density at radius 3 is 1.97 bits per heavy atom. The molecule has 2 aromatic carbocycles. The normalized spacial score (nSPS) is 11.8. The molecule has 0 bridgehead atoms. The third-order valence-corrected chi connectivity index (χ3v) is 5.19. The Kier molecular flexibility index (Phi) is 7.19. The number of amides is 2. The van der Waals surface area contributed by atoms with Gasteiger partial charge in [0, 0.05) is 6.42 Å². The van der Waals surface area contributed by atoms with Crippen molar-refractivity contribution in [3.8, 4) is 5.75 Å². The highest BCUT2D eigenvalue weighted by Crippen LogP contribution is 2.39. The third kappa shape index (κ3) is 5.99. The zero-order valence-electron chi connectivity index (χ0n) is 18.5. The van der Waals surface area contributed by atoms with Crippen LogP contribution < -0.4 is 10.9 Å². The predicted molar refractivity (Wildman–Crippen MR) is 121 cm³/mol. The molecule has 0 fully saturated rings. The SMILES string of the molecule is CC(C)(C)c1cc(CCC(=O)NNC(=O)c2ccccc2Cl)cc(C(C)(C)C)c1O. The Morgan fingerprint density at radius 1 is 0.933 bits per heavy atom. The lowest BCUT2D eigenvalue weighted by Crippen LogP contribution is -2.41. The summed E-state index contributed by atoms with van der Waals surface area (Å²) in [6.45, 7) is 12.3. The maximum absolute atomic E-state index is 12.3. The van der Waals surface area contributed by atoms with Gasteiger partial charge in [0.25, 0.3) is 5.91 Å². The average Bonchev–Trinajstić information content (AvgIpc) is 2.63. The van der Waals surface area contributed by atoms with Gasteiger partial charge in [0.2, 0.25) is 5.91 Å². The van der Waals surface area contributed by atoms with Crippen molar-refractivity contribution in [3.63, 3.8) is 0 Å². The van der Waals surface area contributed by atoms with Crippen LogP contribution in [0.4, 0.5) is 0 Å². The summed E-state index contributed by atoms with van der Waals surface area (Å²) in [6, 6.07) is 10.5. The van der Waals surface area contributed by atoms with Crippen molar-refractivity contribution >= 4 is 23.4 Å². The van der Waals surface area contributed by atoms with Crippen LogP contribution in [0, 0.1) is 0 Å². The monoisotopic (exact) mass is 430 g/mol. The zero-order chi connectivity index (χ0) is 22.7. The van der Waals surface area contributed by atoms with Gasteiger partial charge in [-0.1, -0.05) is 77.4 Å². The molecule has 2 rings (SSSR count). The molecule has 0 saturated heterocycles. The number of benzene rings is 2. The van der Waals surface area contributed by atoms with E-state index in [1.54, 1.807) is 24.3 Å². The minimum absolute atomic E-state index is 0.195. The van der Waals surface area contributed by atoms with Crippen LogP contribution in [0.2, 0.25) is 5.02 Å². The molecule has 2 amide bonds. The highest BCUT2D eigenvalue weighted by Gasteiger charge is 2.26. The molecular weight excluding hydrogens is 400 g/mol. The topological polar surface area (TPSA) is 78.4 Å². The number of halogens is 1. The van der Waals surface area contributed by atoms with E-state index in [1.807, 2.05) is 12.1 Å². The molecule has 5 nitrogen and oxygen atoms in total. The first kappa shape index (κ1) is 23.7. The van der Waals surface area contributed by atoms with Crippen LogP contribution in [-0.2, 0) is 22.0 Å². The van der Waals surface area contributed by atoms with Crippen molar-refractivity contribution in [1.29, 1.82) is 0 Å². The number of rotatable bonds is 4. The Labute approximate surface area is 183 Å². The van der Waals surface area contributed by atoms with E-state index in [-0.39, 0.29) is 23.2 Å². The Balaban J connectivity index is 2.08. The van der Waals surface area contributed by atoms with Crippen molar-refractivity contribution in [2.75, 3.05) is 0 Å². The molecule has 0 spiro atoms. The molecule has 0 aliphatic carbocycles. The molecule has 0 unspecified atom stereocenters. The maximum atomic E-state index is 12.3. The highest BCUT2D eigenvalue weighted by atomic mass is 35.5. The van der Waals surface area contributed by atoms with E-state index in [4.69, 9.17) is 11.6 Å². The first-order valence-corrected chi connectivity index (χ1v) is 10.4. The van der Waals surface area contributed by atoms with E-state index in [9.17, 15) is 14.7 Å². The smallest absolute Gasteiger partial charge is 0.271 e. The number of carbonyl (C=O) groups excluding carboxylic acids is 2. The second-order valence-corrected chi connectivity index (χ2v) is 9.93. The highest BCUT2D eigenvalue weighted by molar-refractivity contribution is 6.33. The number of nitrogens with one attached hydrogen (secondary N) is 2. The van der Waals surface area contributed by atoms with E-state index in [1.165, 1.54) is 0 Å². The summed E-state index contributed by atoms with van der Waals surface area (Å²) in [5, 5.41) is 11.1. The van der Waals surface area contributed by atoms with Gasteiger partial charge in [0.1, 0.15) is 5.75 Å². The van der Waals surface area contributed by atoms with Gasteiger partial charge >= 0.3 is 0 Å². The lowest BCUT2D eigenvalue weighted by molar-refractivity contribution is -0.121. The summed E-state index contributed by atoms with van der Waals surface area (Å²) in [6.07, 6.45) is 0.682. The van der Waals surface area contributed by atoms with E-state index in [0.717, 1.165) is 16.7 Å². The van der Waals surface area contributed by atoms with Gasteiger partial charge in [-0.15, -0.1) is 0 Å². The van der Waals surface area contributed by atoms with Crippen LogP contribution in [0.1, 0.15) is 75.0 Å². The molecule has 0 aliphatic rings. The molecule has 3 N–H and O–H groups in total. The summed E-state index contributed by atoms with van der Waals surface area (Å²) < 4.78 is 0. The Bertz CT molecular complexity index is 905. The van der Waals surface area contributed by atoms with Crippen molar-refractivity contribution in [2.24, 2.45) is 0 Å². The van der Waals surface area contributed by atoms with Gasteiger partial charge in [0.05, 0.1) is 10.6 Å². The van der Waals surface area contributed by atoms with Crippen molar-refractivity contribution in [2.45, 2.75) is 65.2 Å². The molecular formula is C24H31ClN2O3. The molecule has 0 aliphatic heterocycles. The summed E-state index contributed by atoms with van der Waals surface area (Å²) in [5.41, 5.74) is 7.34. The molecule has 0 heterocycles. The summed E-state index contributed by atoms with van der Waals surface area (Å²) in [7, 11) is 0. The number of aromatic hydroxyl groups is 1. The van der Waals surface area contributed by atoms with E-state index in [0.29, 0.717) is 22.8 Å². The second kappa shape index (κ2) is 9.09. The zero-order valence-corrected chi connectivity index (χ0v) is 19.3. The van der Waals surface area contributed by atoms with Crippen LogP contribution in [-0.4, -0.2) is 16.9 Å². The number of hydrazine groups is 1. The lowest BCUT2D eigenvalue weighted by Gasteiger charge is -2.28. The fourth-order valence-corrected chi connectivity index (χ4v) is 3.36. The van der Waals surface area contributed by atoms with Crippen molar-refractivity contribution in [3.05, 3.63) is 63.7 Å². The first-order chi connectivity index (χ1) is 13.8. The minimum atomic E-state index is -0.469. The molecule has 0 aromatic heterocycles. The lowest BCUT2D eigenvalue weighted by atomic mass is 9.78. The van der Waals surface area contributed by atoms with Gasteiger partial charge in [-0.3, -0.25) is 20.4 Å². The van der Waals surface area contributed by atoms with Gasteiger partial charge < -0.3 is 5.11 Å². The number of aryl methyl sites for hydroxylation is 1. The van der Waals surface area contributed by atoms with Crippen LogP contribution in [0.25, 0.3) is 0 Å². The number of hydrogen-bond acceptors (Lipinski definition) is 3. The maximum Gasteiger partial charge on any atom is 0.271 e. The standard InChI is InChI=1S/C24H31ClN2O3/c1-23(2,3)17-13-15(14-18(21(17)29)24(4,5)6)11-12-20(28)26-27-22(30)16-9-7-8-10-19(16)25/h7-10,13-14,29H,11-12H2,1-6H3,(H,26,28)(H,27,30). The Morgan fingerprint density at radius 2 is 1.47 bits per heavy atom. The Hall–Kier alpha value is -2.53. The summed E-state index contributed by atoms with van der Waals surface area (Å²) in [5.74, 6) is -0.461. The minimum Gasteiger partial charge on any atom is -0.507 e. The van der Waals surface area contributed by atoms with Crippen LogP contribution in [0.15, 0.2) is 36.4 Å². The third-order valence-electron chi connectivity index (χ3n) is 4.86. The van der Waals surface area contributed by atoms with Gasteiger partial charge in [-0.05, 0) is 46.1 Å². The van der Waals surface area contributed by atoms with E-state index in [2.05, 4.69) is 52.4 Å². The molecule has 30 heavy (non-hydrogen) atoms. The van der Waals surface area contributed by atoms with Gasteiger partial charge in [-0.2, -0.15) is 0 Å². The fourth-order valence-electron chi connectivity index (χ4n) is 3.14. The van der Waals surface area contributed by atoms with Crippen LogP contribution >= 0.6 is 11.6 Å². The second-order valence-electron chi connectivity index (χ2n) is 9.52. The van der Waals surface area contributed by atoms with Crippen molar-refractivity contribution in [1.82, 2.24) is 10.9 Å². The average molecular weight is 431 g/mol. The first-order valence-electron chi connectivity index (χ1n) is 10.0. The van der Waals surface area contributed by atoms with E-state index >= 15 is 0 Å². The van der Waals surface area contributed by atoms with Crippen LogP contribution in [0.5, 0.6) is 5.75 Å². The number of hydrogen-bond donors (Lipinski definition) is 3. The van der Waals surface area contributed by atoms with Gasteiger partial charge in [0.15, 0.2) is 0 Å². The summed E-state index contributed by atoms with van der Waals surface area (Å²) in [4.78, 5) is 24.4. The van der Waals surface area contributed by atoms with Crippen molar-refractivity contribution < 1.29 is 14.7 Å². The largest absolute Gasteiger partial charge is 0.507 e. The van der Waals surface area contributed by atoms with Crippen LogP contribution in [0.3, 0.4) is 0 Å². The van der Waals surface area contributed by atoms with Gasteiger partial charge in [-0.25, -0.2) is 0 Å². The summed E-state index contributed by atoms with van der Waals surface area (Å²) >= 11 is 6.00. The number of carbonyl (C=O) groups is 2. The molecule has 2 aromatic rings. The van der Waals surface area contributed by atoms with E-state index < -0.39 is 5.91 Å². The predicted octanol–water partition coefficient (Wildman–Crippen LogP) is 5.03. The quantitative estimate of drug-likeness (QED) is 0.595. The molecule has 6 heteroatoms. The molecule has 0 radical (unpaired) electrons. The number of phenolic OH excluding ortho intramolecular Hbond substituents is 1. The molecule has 162 valence electrons. The number of phenols is 1. The fraction of sp³-hybridized carbons (Fsp3) is 0.417.